The van der Waals surface area contributed by atoms with E-state index in [4.69, 9.17) is 5.73 Å². The maximum atomic E-state index is 12.5. The molecule has 0 aromatic heterocycles. The first-order valence-corrected chi connectivity index (χ1v) is 9.30. The van der Waals surface area contributed by atoms with Crippen molar-refractivity contribution in [2.75, 3.05) is 13.1 Å². The minimum atomic E-state index is -3.59. The SMILES string of the molecule is CCNS(=O)(=O)c1ccc(C)c(C(=O)NC(CN)CC(C)C)c1. The number of nitrogens with two attached hydrogens (primary N) is 1. The van der Waals surface area contributed by atoms with E-state index in [0.29, 0.717) is 24.6 Å². The lowest BCUT2D eigenvalue weighted by molar-refractivity contribution is 0.0933. The van der Waals surface area contributed by atoms with Gasteiger partial charge in [0.15, 0.2) is 0 Å². The summed E-state index contributed by atoms with van der Waals surface area (Å²) in [4.78, 5) is 12.6. The summed E-state index contributed by atoms with van der Waals surface area (Å²) in [6.07, 6.45) is 0.774. The molecule has 1 amide bonds. The summed E-state index contributed by atoms with van der Waals surface area (Å²) in [7, 11) is -3.59. The lowest BCUT2D eigenvalue weighted by atomic mass is 10.0. The lowest BCUT2D eigenvalue weighted by Crippen LogP contribution is -2.41. The molecule has 0 fully saturated rings. The third kappa shape index (κ3) is 5.60. The maximum absolute atomic E-state index is 12.5. The fourth-order valence-corrected chi connectivity index (χ4v) is 3.40. The van der Waals surface area contributed by atoms with Gasteiger partial charge in [0.05, 0.1) is 4.90 Å². The van der Waals surface area contributed by atoms with E-state index in [9.17, 15) is 13.2 Å². The van der Waals surface area contributed by atoms with Crippen molar-refractivity contribution >= 4 is 15.9 Å². The van der Waals surface area contributed by atoms with Crippen LogP contribution >= 0.6 is 0 Å². The quantitative estimate of drug-likeness (QED) is 0.665. The topological polar surface area (TPSA) is 101 Å². The van der Waals surface area contributed by atoms with Gasteiger partial charge in [0.25, 0.3) is 5.91 Å². The first-order chi connectivity index (χ1) is 10.7. The molecule has 0 heterocycles. The van der Waals surface area contributed by atoms with E-state index >= 15 is 0 Å². The van der Waals surface area contributed by atoms with Crippen LogP contribution in [0.4, 0.5) is 0 Å². The Hall–Kier alpha value is -1.44. The molecule has 0 saturated carbocycles. The molecule has 7 heteroatoms. The first-order valence-electron chi connectivity index (χ1n) is 7.82. The summed E-state index contributed by atoms with van der Waals surface area (Å²) in [6.45, 7) is 8.24. The number of carbonyl (C=O) groups is 1. The molecule has 0 spiro atoms. The average Bonchev–Trinajstić information content (AvgIpc) is 2.46. The van der Waals surface area contributed by atoms with Crippen LogP contribution in [-0.2, 0) is 10.0 Å². The molecule has 1 aromatic carbocycles. The molecule has 4 N–H and O–H groups in total. The molecular formula is C16H27N3O3S. The Labute approximate surface area is 138 Å². The Bertz CT molecular complexity index is 642. The van der Waals surface area contributed by atoms with Crippen LogP contribution in [0, 0.1) is 12.8 Å². The van der Waals surface area contributed by atoms with Crippen molar-refractivity contribution < 1.29 is 13.2 Å². The highest BCUT2D eigenvalue weighted by Crippen LogP contribution is 2.16. The van der Waals surface area contributed by atoms with Crippen LogP contribution in [0.3, 0.4) is 0 Å². The Morgan fingerprint density at radius 1 is 1.30 bits per heavy atom. The van der Waals surface area contributed by atoms with E-state index in [0.717, 1.165) is 12.0 Å². The summed E-state index contributed by atoms with van der Waals surface area (Å²) in [5.41, 5.74) is 6.78. The van der Waals surface area contributed by atoms with Crippen LogP contribution in [0.5, 0.6) is 0 Å². The molecule has 0 bridgehead atoms. The fourth-order valence-electron chi connectivity index (χ4n) is 2.33. The number of carbonyl (C=O) groups excluding carboxylic acids is 1. The molecule has 1 rings (SSSR count). The lowest BCUT2D eigenvalue weighted by Gasteiger charge is -2.19. The summed E-state index contributed by atoms with van der Waals surface area (Å²) in [6, 6.07) is 4.42. The van der Waals surface area contributed by atoms with Gasteiger partial charge < -0.3 is 11.1 Å². The molecule has 1 unspecified atom stereocenters. The molecule has 0 aliphatic heterocycles. The molecule has 6 nitrogen and oxygen atoms in total. The minimum Gasteiger partial charge on any atom is -0.348 e. The Balaban J connectivity index is 3.05. The summed E-state index contributed by atoms with van der Waals surface area (Å²) in [5.74, 6) is 0.109. The van der Waals surface area contributed by atoms with Crippen molar-refractivity contribution in [1.29, 1.82) is 0 Å². The number of nitrogens with one attached hydrogen (secondary N) is 2. The highest BCUT2D eigenvalue weighted by molar-refractivity contribution is 7.89. The second-order valence-corrected chi connectivity index (χ2v) is 7.78. The van der Waals surface area contributed by atoms with Crippen LogP contribution < -0.4 is 15.8 Å². The highest BCUT2D eigenvalue weighted by Gasteiger charge is 2.19. The fraction of sp³-hybridized carbons (Fsp3) is 0.562. The van der Waals surface area contributed by atoms with Crippen molar-refractivity contribution in [2.24, 2.45) is 11.7 Å². The van der Waals surface area contributed by atoms with Gasteiger partial charge in [0.2, 0.25) is 10.0 Å². The number of aryl methyl sites for hydroxylation is 1. The number of amides is 1. The van der Waals surface area contributed by atoms with Gasteiger partial charge in [0, 0.05) is 24.7 Å². The number of hydrogen-bond donors (Lipinski definition) is 3. The summed E-state index contributed by atoms with van der Waals surface area (Å²) < 4.78 is 26.6. The van der Waals surface area contributed by atoms with Crippen molar-refractivity contribution in [2.45, 2.75) is 45.1 Å². The summed E-state index contributed by atoms with van der Waals surface area (Å²) in [5, 5.41) is 2.89. The van der Waals surface area contributed by atoms with Crippen LogP contribution in [0.15, 0.2) is 23.1 Å². The van der Waals surface area contributed by atoms with E-state index < -0.39 is 10.0 Å². The zero-order chi connectivity index (χ0) is 17.6. The van der Waals surface area contributed by atoms with E-state index in [1.54, 1.807) is 19.9 Å². The number of hydrogen-bond acceptors (Lipinski definition) is 4. The van der Waals surface area contributed by atoms with Gasteiger partial charge in [0.1, 0.15) is 0 Å². The minimum absolute atomic E-state index is 0.0864. The number of benzene rings is 1. The predicted molar refractivity (Wildman–Crippen MR) is 91.8 cm³/mol. The third-order valence-corrected chi connectivity index (χ3v) is 5.02. The van der Waals surface area contributed by atoms with E-state index in [2.05, 4.69) is 23.9 Å². The second kappa shape index (κ2) is 8.42. The van der Waals surface area contributed by atoms with Crippen molar-refractivity contribution in [3.05, 3.63) is 29.3 Å². The molecule has 0 aliphatic carbocycles. The van der Waals surface area contributed by atoms with Gasteiger partial charge in [-0.05, 0) is 37.0 Å². The second-order valence-electron chi connectivity index (χ2n) is 6.01. The van der Waals surface area contributed by atoms with Crippen molar-refractivity contribution in [1.82, 2.24) is 10.0 Å². The zero-order valence-electron chi connectivity index (χ0n) is 14.2. The third-order valence-electron chi connectivity index (χ3n) is 3.47. The number of sulfonamides is 1. The Morgan fingerprint density at radius 3 is 2.48 bits per heavy atom. The molecule has 0 aliphatic rings. The van der Waals surface area contributed by atoms with Crippen LogP contribution in [-0.4, -0.2) is 33.5 Å². The van der Waals surface area contributed by atoms with Gasteiger partial charge in [-0.1, -0.05) is 26.8 Å². The molecule has 0 saturated heterocycles. The van der Waals surface area contributed by atoms with Gasteiger partial charge in [-0.3, -0.25) is 4.79 Å². The van der Waals surface area contributed by atoms with Gasteiger partial charge in [-0.15, -0.1) is 0 Å². The normalized spacial score (nSPS) is 13.1. The highest BCUT2D eigenvalue weighted by atomic mass is 32.2. The Morgan fingerprint density at radius 2 is 1.96 bits per heavy atom. The number of rotatable bonds is 8. The van der Waals surface area contributed by atoms with E-state index in [1.165, 1.54) is 12.1 Å². The van der Waals surface area contributed by atoms with Gasteiger partial charge in [-0.25, -0.2) is 13.1 Å². The maximum Gasteiger partial charge on any atom is 0.251 e. The molecule has 1 aromatic rings. The van der Waals surface area contributed by atoms with E-state index in [-0.39, 0.29) is 16.8 Å². The standard InChI is InChI=1S/C16H27N3O3S/c1-5-18-23(21,22)14-7-6-12(4)15(9-14)16(20)19-13(10-17)8-11(2)3/h6-7,9,11,13,18H,5,8,10,17H2,1-4H3,(H,19,20). The van der Waals surface area contributed by atoms with Crippen molar-refractivity contribution in [3.8, 4) is 0 Å². The molecule has 23 heavy (non-hydrogen) atoms. The summed E-state index contributed by atoms with van der Waals surface area (Å²) >= 11 is 0. The first kappa shape index (κ1) is 19.6. The zero-order valence-corrected chi connectivity index (χ0v) is 15.0. The predicted octanol–water partition coefficient (Wildman–Crippen LogP) is 1.40. The van der Waals surface area contributed by atoms with Crippen LogP contribution in [0.25, 0.3) is 0 Å². The molecule has 130 valence electrons. The Kier molecular flexibility index (Phi) is 7.18. The van der Waals surface area contributed by atoms with Gasteiger partial charge >= 0.3 is 0 Å². The van der Waals surface area contributed by atoms with Crippen molar-refractivity contribution in [3.63, 3.8) is 0 Å². The smallest absolute Gasteiger partial charge is 0.251 e. The molecular weight excluding hydrogens is 314 g/mol. The average molecular weight is 341 g/mol. The monoisotopic (exact) mass is 341 g/mol. The largest absolute Gasteiger partial charge is 0.348 e. The molecule has 0 radical (unpaired) electrons. The van der Waals surface area contributed by atoms with Crippen LogP contribution in [0.2, 0.25) is 0 Å². The van der Waals surface area contributed by atoms with Crippen LogP contribution in [0.1, 0.15) is 43.1 Å². The van der Waals surface area contributed by atoms with E-state index in [1.807, 2.05) is 0 Å². The van der Waals surface area contributed by atoms with Gasteiger partial charge in [-0.2, -0.15) is 0 Å². The molecule has 1 atom stereocenters.